The van der Waals surface area contributed by atoms with Gasteiger partial charge in [-0.1, -0.05) is 53.5 Å². The van der Waals surface area contributed by atoms with Crippen molar-refractivity contribution >= 4 is 40.9 Å². The van der Waals surface area contributed by atoms with Gasteiger partial charge in [-0.2, -0.15) is 11.8 Å². The second kappa shape index (κ2) is 9.09. The Morgan fingerprint density at radius 1 is 1.05 bits per heavy atom. The van der Waals surface area contributed by atoms with Crippen LogP contribution in [0.2, 0.25) is 10.0 Å². The molecule has 0 aromatic heterocycles. The van der Waals surface area contributed by atoms with Gasteiger partial charge >= 0.3 is 0 Å². The molecule has 0 aliphatic carbocycles. The first kappa shape index (κ1) is 17.2. The van der Waals surface area contributed by atoms with E-state index in [4.69, 9.17) is 23.2 Å². The third kappa shape index (κ3) is 5.91. The van der Waals surface area contributed by atoms with Crippen molar-refractivity contribution in [3.63, 3.8) is 0 Å². The second-order valence-electron chi connectivity index (χ2n) is 4.80. The number of thioether (sulfide) groups is 1. The summed E-state index contributed by atoms with van der Waals surface area (Å²) in [6.45, 7) is 0.654. The van der Waals surface area contributed by atoms with Crippen LogP contribution in [-0.4, -0.2) is 18.2 Å². The third-order valence-electron chi connectivity index (χ3n) is 3.06. The molecule has 0 unspecified atom stereocenters. The van der Waals surface area contributed by atoms with Crippen molar-refractivity contribution in [1.29, 1.82) is 0 Å². The molecule has 2 nitrogen and oxygen atoms in total. The molecule has 1 amide bonds. The fourth-order valence-electron chi connectivity index (χ4n) is 1.91. The zero-order valence-electron chi connectivity index (χ0n) is 12.0. The number of rotatable bonds is 7. The lowest BCUT2D eigenvalue weighted by molar-refractivity contribution is -0.120. The summed E-state index contributed by atoms with van der Waals surface area (Å²) in [6, 6.07) is 15.2. The average Bonchev–Trinajstić information content (AvgIpc) is 2.51. The molecule has 0 radical (unpaired) electrons. The molecule has 0 heterocycles. The lowest BCUT2D eigenvalue weighted by Crippen LogP contribution is -2.27. The lowest BCUT2D eigenvalue weighted by atomic mass is 10.1. The minimum absolute atomic E-state index is 0.000179. The maximum Gasteiger partial charge on any atom is 0.224 e. The Labute approximate surface area is 145 Å². The van der Waals surface area contributed by atoms with E-state index in [0.717, 1.165) is 22.1 Å². The number of carbonyl (C=O) groups excluding carboxylic acids is 1. The molecule has 2 rings (SSSR count). The summed E-state index contributed by atoms with van der Waals surface area (Å²) in [5, 5.41) is 4.30. The Balaban J connectivity index is 1.63. The van der Waals surface area contributed by atoms with Crippen molar-refractivity contribution < 1.29 is 4.79 Å². The van der Waals surface area contributed by atoms with Crippen LogP contribution in [0.25, 0.3) is 0 Å². The van der Waals surface area contributed by atoms with Crippen LogP contribution >= 0.6 is 35.0 Å². The Hall–Kier alpha value is -1.16. The van der Waals surface area contributed by atoms with Gasteiger partial charge in [-0.15, -0.1) is 0 Å². The van der Waals surface area contributed by atoms with Crippen LogP contribution < -0.4 is 5.32 Å². The van der Waals surface area contributed by atoms with Gasteiger partial charge in [-0.3, -0.25) is 4.79 Å². The van der Waals surface area contributed by atoms with Gasteiger partial charge < -0.3 is 5.32 Å². The smallest absolute Gasteiger partial charge is 0.224 e. The lowest BCUT2D eigenvalue weighted by Gasteiger charge is -2.07. The van der Waals surface area contributed by atoms with E-state index in [1.807, 2.05) is 42.5 Å². The number of nitrogens with one attached hydrogen (secondary N) is 1. The van der Waals surface area contributed by atoms with E-state index >= 15 is 0 Å². The van der Waals surface area contributed by atoms with Gasteiger partial charge in [-0.05, 0) is 29.3 Å². The summed E-state index contributed by atoms with van der Waals surface area (Å²) in [7, 11) is 0. The molecule has 2 aromatic rings. The summed E-state index contributed by atoms with van der Waals surface area (Å²) >= 11 is 13.7. The number of halogens is 2. The fraction of sp³-hybridized carbons (Fsp3) is 0.235. The quantitative estimate of drug-likeness (QED) is 0.737. The molecule has 0 aliphatic rings. The van der Waals surface area contributed by atoms with Crippen molar-refractivity contribution in [1.82, 2.24) is 5.32 Å². The van der Waals surface area contributed by atoms with Crippen LogP contribution in [0.4, 0.5) is 0 Å². The highest BCUT2D eigenvalue weighted by Crippen LogP contribution is 2.16. The molecule has 0 atom stereocenters. The average molecular weight is 354 g/mol. The van der Waals surface area contributed by atoms with Crippen LogP contribution in [0, 0.1) is 0 Å². The number of amides is 1. The van der Waals surface area contributed by atoms with Crippen molar-refractivity contribution in [3.8, 4) is 0 Å². The molecule has 0 aliphatic heterocycles. The van der Waals surface area contributed by atoms with Gasteiger partial charge in [0.05, 0.1) is 6.42 Å². The first-order chi connectivity index (χ1) is 10.6. The second-order valence-corrected chi connectivity index (χ2v) is 6.75. The molecule has 1 N–H and O–H groups in total. The summed E-state index contributed by atoms with van der Waals surface area (Å²) in [4.78, 5) is 11.8. The van der Waals surface area contributed by atoms with Crippen molar-refractivity contribution in [2.75, 3.05) is 12.3 Å². The highest BCUT2D eigenvalue weighted by molar-refractivity contribution is 7.98. The summed E-state index contributed by atoms with van der Waals surface area (Å²) in [6.07, 6.45) is 0.321. The van der Waals surface area contributed by atoms with E-state index in [9.17, 15) is 4.79 Å². The highest BCUT2D eigenvalue weighted by Gasteiger charge is 2.05. The summed E-state index contributed by atoms with van der Waals surface area (Å²) in [5.74, 6) is 1.79. The van der Waals surface area contributed by atoms with Gasteiger partial charge in [0.2, 0.25) is 5.91 Å². The molecule has 0 saturated heterocycles. The molecular formula is C17H17Cl2NOS. The minimum atomic E-state index is 0.000179. The third-order valence-corrected chi connectivity index (χ3v) is 4.71. The van der Waals surface area contributed by atoms with Crippen LogP contribution in [0.15, 0.2) is 48.5 Å². The standard InChI is InChI=1S/C17H17Cl2NOS/c18-15-7-5-13(6-8-15)12-22-10-9-20-17(21)11-14-3-1-2-4-16(14)19/h1-8H,9-12H2,(H,20,21). The first-order valence-electron chi connectivity index (χ1n) is 6.97. The normalized spacial score (nSPS) is 10.5. The largest absolute Gasteiger partial charge is 0.355 e. The number of hydrogen-bond acceptors (Lipinski definition) is 2. The maximum atomic E-state index is 11.8. The van der Waals surface area contributed by atoms with Gasteiger partial charge in [0, 0.05) is 28.1 Å². The van der Waals surface area contributed by atoms with E-state index in [1.165, 1.54) is 5.56 Å². The molecular weight excluding hydrogens is 337 g/mol. The monoisotopic (exact) mass is 353 g/mol. The molecule has 2 aromatic carbocycles. The molecule has 5 heteroatoms. The Morgan fingerprint density at radius 2 is 1.77 bits per heavy atom. The van der Waals surface area contributed by atoms with Crippen LogP contribution in [0.5, 0.6) is 0 Å². The molecule has 0 fully saturated rings. The highest BCUT2D eigenvalue weighted by atomic mass is 35.5. The molecule has 22 heavy (non-hydrogen) atoms. The van der Waals surface area contributed by atoms with E-state index in [0.29, 0.717) is 18.0 Å². The predicted octanol–water partition coefficient (Wildman–Crippen LogP) is 4.59. The maximum absolute atomic E-state index is 11.8. The molecule has 0 bridgehead atoms. The van der Waals surface area contributed by atoms with Gasteiger partial charge in [0.25, 0.3) is 0 Å². The Bertz CT molecular complexity index is 616. The zero-order valence-corrected chi connectivity index (χ0v) is 14.3. The van der Waals surface area contributed by atoms with Gasteiger partial charge in [0.15, 0.2) is 0 Å². The number of benzene rings is 2. The van der Waals surface area contributed by atoms with E-state index in [-0.39, 0.29) is 5.91 Å². The Kier molecular flexibility index (Phi) is 7.10. The molecule has 0 saturated carbocycles. The van der Waals surface area contributed by atoms with Gasteiger partial charge in [0.1, 0.15) is 0 Å². The SMILES string of the molecule is O=C(Cc1ccccc1Cl)NCCSCc1ccc(Cl)cc1. The number of hydrogen-bond donors (Lipinski definition) is 1. The van der Waals surface area contributed by atoms with E-state index in [1.54, 1.807) is 17.8 Å². The van der Waals surface area contributed by atoms with Crippen LogP contribution in [-0.2, 0) is 17.0 Å². The van der Waals surface area contributed by atoms with E-state index in [2.05, 4.69) is 5.32 Å². The van der Waals surface area contributed by atoms with Crippen LogP contribution in [0.3, 0.4) is 0 Å². The first-order valence-corrected chi connectivity index (χ1v) is 8.88. The molecule has 0 spiro atoms. The zero-order chi connectivity index (χ0) is 15.8. The summed E-state index contributed by atoms with van der Waals surface area (Å²) in [5.41, 5.74) is 2.09. The van der Waals surface area contributed by atoms with Gasteiger partial charge in [-0.25, -0.2) is 0 Å². The van der Waals surface area contributed by atoms with E-state index < -0.39 is 0 Å². The van der Waals surface area contributed by atoms with Crippen molar-refractivity contribution in [2.45, 2.75) is 12.2 Å². The topological polar surface area (TPSA) is 29.1 Å². The van der Waals surface area contributed by atoms with Crippen LogP contribution in [0.1, 0.15) is 11.1 Å². The van der Waals surface area contributed by atoms with Crippen molar-refractivity contribution in [3.05, 3.63) is 69.7 Å². The predicted molar refractivity (Wildman–Crippen MR) is 95.8 cm³/mol. The molecule has 116 valence electrons. The summed E-state index contributed by atoms with van der Waals surface area (Å²) < 4.78 is 0. The minimum Gasteiger partial charge on any atom is -0.355 e. The van der Waals surface area contributed by atoms with Crippen molar-refractivity contribution in [2.24, 2.45) is 0 Å². The number of carbonyl (C=O) groups is 1. The fourth-order valence-corrected chi connectivity index (χ4v) is 3.06. The Morgan fingerprint density at radius 3 is 2.50 bits per heavy atom.